The minimum absolute atomic E-state index is 0.0283. The standard InChI is InChI=1S/C9H9FO3/c1-6(10)13-9-3-2-7(5-11)4-8(9)12/h2-6,12H,1H3. The molecule has 0 heterocycles. The monoisotopic (exact) mass is 184 g/mol. The smallest absolute Gasteiger partial charge is 0.236 e. The van der Waals surface area contributed by atoms with E-state index in [4.69, 9.17) is 0 Å². The molecule has 0 aliphatic carbocycles. The van der Waals surface area contributed by atoms with E-state index in [1.54, 1.807) is 0 Å². The van der Waals surface area contributed by atoms with Crippen molar-refractivity contribution in [2.24, 2.45) is 0 Å². The van der Waals surface area contributed by atoms with Crippen molar-refractivity contribution in [1.29, 1.82) is 0 Å². The number of phenols is 1. The second kappa shape index (κ2) is 3.89. The summed E-state index contributed by atoms with van der Waals surface area (Å²) in [6.45, 7) is 1.20. The Hall–Kier alpha value is -1.58. The minimum atomic E-state index is -1.49. The van der Waals surface area contributed by atoms with Gasteiger partial charge in [0.2, 0.25) is 6.36 Å². The van der Waals surface area contributed by atoms with Gasteiger partial charge >= 0.3 is 0 Å². The van der Waals surface area contributed by atoms with Gasteiger partial charge in [0.05, 0.1) is 0 Å². The molecule has 13 heavy (non-hydrogen) atoms. The topological polar surface area (TPSA) is 46.5 Å². The predicted molar refractivity (Wildman–Crippen MR) is 44.7 cm³/mol. The van der Waals surface area contributed by atoms with Gasteiger partial charge in [0.1, 0.15) is 6.29 Å². The number of benzene rings is 1. The minimum Gasteiger partial charge on any atom is -0.504 e. The maximum Gasteiger partial charge on any atom is 0.236 e. The lowest BCUT2D eigenvalue weighted by Crippen LogP contribution is -2.03. The van der Waals surface area contributed by atoms with E-state index in [1.165, 1.54) is 25.1 Å². The lowest BCUT2D eigenvalue weighted by atomic mass is 10.2. The van der Waals surface area contributed by atoms with E-state index in [0.717, 1.165) is 0 Å². The zero-order valence-corrected chi connectivity index (χ0v) is 7.03. The molecule has 1 unspecified atom stereocenters. The van der Waals surface area contributed by atoms with Crippen LogP contribution in [0.15, 0.2) is 18.2 Å². The zero-order valence-electron chi connectivity index (χ0n) is 7.03. The Kier molecular flexibility index (Phi) is 2.84. The van der Waals surface area contributed by atoms with Gasteiger partial charge in [-0.3, -0.25) is 4.79 Å². The SMILES string of the molecule is CC(F)Oc1ccc(C=O)cc1O. The maximum atomic E-state index is 12.3. The van der Waals surface area contributed by atoms with Gasteiger partial charge in [-0.25, -0.2) is 4.39 Å². The first-order valence-electron chi connectivity index (χ1n) is 3.72. The van der Waals surface area contributed by atoms with Crippen LogP contribution in [0.4, 0.5) is 4.39 Å². The van der Waals surface area contributed by atoms with E-state index in [-0.39, 0.29) is 11.5 Å². The highest BCUT2D eigenvalue weighted by molar-refractivity contribution is 5.76. The van der Waals surface area contributed by atoms with Crippen molar-refractivity contribution >= 4 is 6.29 Å². The number of carbonyl (C=O) groups excluding carboxylic acids is 1. The molecule has 0 aliphatic heterocycles. The van der Waals surface area contributed by atoms with Crippen LogP contribution in [0, 0.1) is 0 Å². The van der Waals surface area contributed by atoms with Crippen LogP contribution in [0.1, 0.15) is 17.3 Å². The van der Waals surface area contributed by atoms with Crippen molar-refractivity contribution in [3.63, 3.8) is 0 Å². The maximum absolute atomic E-state index is 12.3. The first-order chi connectivity index (χ1) is 6.13. The Morgan fingerprint density at radius 2 is 2.31 bits per heavy atom. The number of aldehydes is 1. The molecule has 0 aromatic heterocycles. The molecular weight excluding hydrogens is 175 g/mol. The lowest BCUT2D eigenvalue weighted by molar-refractivity contribution is 0.0827. The van der Waals surface area contributed by atoms with Gasteiger partial charge < -0.3 is 9.84 Å². The highest BCUT2D eigenvalue weighted by Gasteiger charge is 2.06. The van der Waals surface area contributed by atoms with Crippen molar-refractivity contribution in [3.05, 3.63) is 23.8 Å². The second-order valence-corrected chi connectivity index (χ2v) is 2.51. The molecule has 1 aromatic rings. The number of hydrogen-bond acceptors (Lipinski definition) is 3. The van der Waals surface area contributed by atoms with E-state index in [0.29, 0.717) is 11.8 Å². The quantitative estimate of drug-likeness (QED) is 0.730. The van der Waals surface area contributed by atoms with Crippen LogP contribution in [0.2, 0.25) is 0 Å². The Bertz CT molecular complexity index is 310. The number of rotatable bonds is 3. The van der Waals surface area contributed by atoms with Crippen molar-refractivity contribution in [2.75, 3.05) is 0 Å². The zero-order chi connectivity index (χ0) is 9.84. The number of phenolic OH excluding ortho intramolecular Hbond substituents is 1. The highest BCUT2D eigenvalue weighted by Crippen LogP contribution is 2.27. The number of alkyl halides is 1. The average Bonchev–Trinajstić information content (AvgIpc) is 2.08. The third-order valence-corrected chi connectivity index (χ3v) is 1.41. The molecule has 0 amide bonds. The highest BCUT2D eigenvalue weighted by atomic mass is 19.1. The molecule has 0 bridgehead atoms. The fraction of sp³-hybridized carbons (Fsp3) is 0.222. The van der Waals surface area contributed by atoms with Crippen molar-refractivity contribution in [3.8, 4) is 11.5 Å². The molecule has 0 spiro atoms. The summed E-state index contributed by atoms with van der Waals surface area (Å²) in [5.74, 6) is -0.213. The molecule has 1 aromatic carbocycles. The summed E-state index contributed by atoms with van der Waals surface area (Å²) in [6.07, 6.45) is -0.907. The molecule has 1 N–H and O–H groups in total. The van der Waals surface area contributed by atoms with Gasteiger partial charge in [-0.15, -0.1) is 0 Å². The molecule has 1 rings (SSSR count). The van der Waals surface area contributed by atoms with Crippen LogP contribution < -0.4 is 4.74 Å². The number of ether oxygens (including phenoxy) is 1. The van der Waals surface area contributed by atoms with Crippen LogP contribution in [0.3, 0.4) is 0 Å². The second-order valence-electron chi connectivity index (χ2n) is 2.51. The van der Waals surface area contributed by atoms with Crippen LogP contribution in [-0.2, 0) is 0 Å². The molecular formula is C9H9FO3. The van der Waals surface area contributed by atoms with Gasteiger partial charge in [0.25, 0.3) is 0 Å². The third kappa shape index (κ3) is 2.43. The Balaban J connectivity index is 2.91. The lowest BCUT2D eigenvalue weighted by Gasteiger charge is -2.08. The van der Waals surface area contributed by atoms with E-state index in [1.807, 2.05) is 0 Å². The van der Waals surface area contributed by atoms with Crippen molar-refractivity contribution in [1.82, 2.24) is 0 Å². The summed E-state index contributed by atoms with van der Waals surface area (Å²) in [7, 11) is 0. The molecule has 0 saturated carbocycles. The van der Waals surface area contributed by atoms with E-state index < -0.39 is 6.36 Å². The molecule has 1 atom stereocenters. The molecule has 4 heteroatoms. The molecule has 70 valence electrons. The molecule has 0 radical (unpaired) electrons. The molecule has 0 aliphatic rings. The summed E-state index contributed by atoms with van der Waals surface area (Å²) < 4.78 is 17.0. The number of hydrogen-bond donors (Lipinski definition) is 1. The van der Waals surface area contributed by atoms with Crippen LogP contribution in [0.25, 0.3) is 0 Å². The van der Waals surface area contributed by atoms with Crippen LogP contribution in [0.5, 0.6) is 11.5 Å². The van der Waals surface area contributed by atoms with Gasteiger partial charge in [-0.1, -0.05) is 0 Å². The predicted octanol–water partition coefficient (Wildman–Crippen LogP) is 1.90. The van der Waals surface area contributed by atoms with Crippen LogP contribution >= 0.6 is 0 Å². The fourth-order valence-electron chi connectivity index (χ4n) is 0.882. The van der Waals surface area contributed by atoms with Gasteiger partial charge in [0.15, 0.2) is 11.5 Å². The third-order valence-electron chi connectivity index (χ3n) is 1.41. The molecule has 0 fully saturated rings. The number of aromatic hydroxyl groups is 1. The normalized spacial score (nSPS) is 12.2. The summed E-state index contributed by atoms with van der Waals surface area (Å²) in [5, 5.41) is 9.22. The molecule has 0 saturated heterocycles. The summed E-state index contributed by atoms with van der Waals surface area (Å²) in [4.78, 5) is 10.3. The first-order valence-corrected chi connectivity index (χ1v) is 3.72. The summed E-state index contributed by atoms with van der Waals surface area (Å²) in [5.41, 5.74) is 0.316. The van der Waals surface area contributed by atoms with Gasteiger partial charge in [0, 0.05) is 12.5 Å². The van der Waals surface area contributed by atoms with Crippen molar-refractivity contribution in [2.45, 2.75) is 13.3 Å². The average molecular weight is 184 g/mol. The van der Waals surface area contributed by atoms with Gasteiger partial charge in [-0.2, -0.15) is 0 Å². The largest absolute Gasteiger partial charge is 0.504 e. The van der Waals surface area contributed by atoms with Gasteiger partial charge in [-0.05, 0) is 18.2 Å². The number of carbonyl (C=O) groups is 1. The Morgan fingerprint density at radius 3 is 2.77 bits per heavy atom. The summed E-state index contributed by atoms with van der Waals surface area (Å²) >= 11 is 0. The van der Waals surface area contributed by atoms with E-state index in [2.05, 4.69) is 4.74 Å². The Labute approximate surface area is 74.8 Å². The van der Waals surface area contributed by atoms with Crippen LogP contribution in [-0.4, -0.2) is 17.8 Å². The van der Waals surface area contributed by atoms with E-state index in [9.17, 15) is 14.3 Å². The van der Waals surface area contributed by atoms with E-state index >= 15 is 0 Å². The first kappa shape index (κ1) is 9.51. The fourth-order valence-corrected chi connectivity index (χ4v) is 0.882. The molecule has 3 nitrogen and oxygen atoms in total. The number of halogens is 1. The summed E-state index contributed by atoms with van der Waals surface area (Å²) in [6, 6.07) is 3.99. The Morgan fingerprint density at radius 1 is 1.62 bits per heavy atom. The van der Waals surface area contributed by atoms with Crippen molar-refractivity contribution < 1.29 is 19.0 Å².